The molecule has 5 rings (SSSR count). The number of nitrogens with two attached hydrogens (primary N) is 2. The van der Waals surface area contributed by atoms with E-state index < -0.39 is 57.2 Å². The SMILES string of the molecule is CC1(C)CNCC[C@H]1N=C(N)c1ccc2c(c1)CC[C@H]([C@](C)(O/N=C(\C(=O)N[C@@H]1C(=O)N(OS(=O)(=O)O)C1(C)C)c1csc(N)n1)C(=O)O)O2. The zero-order valence-electron chi connectivity index (χ0n) is 28.0. The van der Waals surface area contributed by atoms with Crippen LogP contribution in [0.3, 0.4) is 0 Å². The van der Waals surface area contributed by atoms with Gasteiger partial charge in [-0.2, -0.15) is 13.5 Å². The molecule has 2 fully saturated rings. The highest BCUT2D eigenvalue weighted by Crippen LogP contribution is 2.36. The highest BCUT2D eigenvalue weighted by Gasteiger charge is 2.58. The van der Waals surface area contributed by atoms with E-state index in [1.807, 2.05) is 6.07 Å². The molecule has 4 atom stereocenters. The van der Waals surface area contributed by atoms with E-state index >= 15 is 0 Å². The maximum absolute atomic E-state index is 13.5. The molecule has 0 unspecified atom stereocenters. The van der Waals surface area contributed by atoms with E-state index in [1.54, 1.807) is 12.1 Å². The van der Waals surface area contributed by atoms with Crippen LogP contribution < -0.4 is 26.8 Å². The summed E-state index contributed by atoms with van der Waals surface area (Å²) >= 11 is 0.968. The van der Waals surface area contributed by atoms with Crippen LogP contribution in [0.15, 0.2) is 33.7 Å². The van der Waals surface area contributed by atoms with Gasteiger partial charge in [-0.3, -0.25) is 19.1 Å². The number of aromatic nitrogens is 1. The maximum atomic E-state index is 13.5. The lowest BCUT2D eigenvalue weighted by molar-refractivity contribution is -0.218. The molecular weight excluding hydrogens is 697 g/mol. The van der Waals surface area contributed by atoms with E-state index in [0.29, 0.717) is 23.1 Å². The number of hydrogen-bond acceptors (Lipinski definition) is 14. The first-order chi connectivity index (χ1) is 23.2. The van der Waals surface area contributed by atoms with Gasteiger partial charge in [0.15, 0.2) is 16.9 Å². The second-order valence-corrected chi connectivity index (χ2v) is 15.6. The molecule has 0 aliphatic carbocycles. The molecule has 2 aromatic rings. The lowest BCUT2D eigenvalue weighted by Gasteiger charge is -2.50. The number of nitrogens with zero attached hydrogens (tertiary/aromatic N) is 4. The summed E-state index contributed by atoms with van der Waals surface area (Å²) in [4.78, 5) is 53.3. The van der Waals surface area contributed by atoms with E-state index in [1.165, 1.54) is 26.2 Å². The van der Waals surface area contributed by atoms with Gasteiger partial charge in [0.2, 0.25) is 0 Å². The van der Waals surface area contributed by atoms with Crippen LogP contribution in [0.5, 0.6) is 5.75 Å². The number of thiazole rings is 1. The first-order valence-electron chi connectivity index (χ1n) is 15.6. The predicted octanol–water partition coefficient (Wildman–Crippen LogP) is 0.617. The third-order valence-electron chi connectivity index (χ3n) is 9.14. The number of carboxylic acid groups (broad SMARTS) is 1. The molecule has 3 aliphatic rings. The van der Waals surface area contributed by atoms with E-state index in [0.717, 1.165) is 42.0 Å². The summed E-state index contributed by atoms with van der Waals surface area (Å²) < 4.78 is 41.8. The molecule has 2 amide bonds. The number of amides is 2. The highest BCUT2D eigenvalue weighted by atomic mass is 32.3. The Morgan fingerprint density at radius 3 is 2.58 bits per heavy atom. The summed E-state index contributed by atoms with van der Waals surface area (Å²) in [6.45, 7) is 9.97. The number of oxime groups is 1. The number of nitrogens with one attached hydrogen (secondary N) is 2. The van der Waals surface area contributed by atoms with Crippen LogP contribution in [0.4, 0.5) is 5.13 Å². The van der Waals surface area contributed by atoms with Gasteiger partial charge >= 0.3 is 16.4 Å². The number of aliphatic imine (C=N–C) groups is 1. The predicted molar refractivity (Wildman–Crippen MR) is 181 cm³/mol. The van der Waals surface area contributed by atoms with Crippen LogP contribution in [0.1, 0.15) is 64.3 Å². The summed E-state index contributed by atoms with van der Waals surface area (Å²) in [5.74, 6) is -2.61. The molecule has 50 heavy (non-hydrogen) atoms. The third-order valence-corrected chi connectivity index (χ3v) is 10.2. The molecule has 3 aliphatic heterocycles. The first-order valence-corrected chi connectivity index (χ1v) is 17.8. The van der Waals surface area contributed by atoms with E-state index in [-0.39, 0.29) is 28.7 Å². The maximum Gasteiger partial charge on any atom is 0.418 e. The number of amidine groups is 1. The number of carboxylic acids is 1. The lowest BCUT2D eigenvalue weighted by Crippen LogP contribution is -2.76. The fourth-order valence-corrected chi connectivity index (χ4v) is 6.97. The fraction of sp³-hybridized carbons (Fsp3) is 0.533. The van der Waals surface area contributed by atoms with Gasteiger partial charge in [-0.25, -0.2) is 9.78 Å². The number of benzene rings is 1. The molecule has 1 aromatic heterocycles. The summed E-state index contributed by atoms with van der Waals surface area (Å²) in [7, 11) is -5.03. The Kier molecular flexibility index (Phi) is 9.89. The summed E-state index contributed by atoms with van der Waals surface area (Å²) in [6.07, 6.45) is 0.409. The van der Waals surface area contributed by atoms with E-state index in [9.17, 15) is 27.9 Å². The molecule has 272 valence electrons. The van der Waals surface area contributed by atoms with E-state index in [2.05, 4.69) is 38.9 Å². The van der Waals surface area contributed by atoms with Crippen molar-refractivity contribution in [1.82, 2.24) is 20.7 Å². The lowest BCUT2D eigenvalue weighted by atomic mass is 9.80. The minimum atomic E-state index is -5.03. The number of hydroxylamine groups is 2. The molecule has 0 bridgehead atoms. The molecule has 8 N–H and O–H groups in total. The van der Waals surface area contributed by atoms with Crippen molar-refractivity contribution < 1.29 is 46.3 Å². The minimum Gasteiger partial charge on any atom is -0.485 e. The number of carbonyl (C=O) groups is 3. The van der Waals surface area contributed by atoms with Gasteiger partial charge in [-0.1, -0.05) is 19.0 Å². The normalized spacial score (nSPS) is 24.6. The molecule has 18 nitrogen and oxygen atoms in total. The Morgan fingerprint density at radius 2 is 1.98 bits per heavy atom. The Bertz CT molecular complexity index is 1860. The smallest absolute Gasteiger partial charge is 0.418 e. The molecule has 0 spiro atoms. The molecular formula is C30H40N8O10S2. The highest BCUT2D eigenvalue weighted by molar-refractivity contribution is 7.80. The number of piperidine rings is 1. The topological polar surface area (TPSA) is 270 Å². The van der Waals surface area contributed by atoms with Gasteiger partial charge in [0.05, 0.1) is 11.6 Å². The van der Waals surface area contributed by atoms with Crippen LogP contribution >= 0.6 is 11.3 Å². The number of nitrogen functional groups attached to an aromatic ring is 1. The largest absolute Gasteiger partial charge is 0.485 e. The monoisotopic (exact) mass is 736 g/mol. The number of ether oxygens (including phenoxy) is 1. The standard InChI is InChI=1S/C30H40N8O10S2/c1-28(2)14-33-11-10-19(28)35-23(31)16-6-8-18-15(12-16)7-9-20(46-18)30(5,26(41)42)47-37-21(17-13-49-27(32)34-17)24(39)36-22-25(40)38(29(22,3)4)48-50(43,44)45/h6,8,12-13,19-20,22,33H,7,9-11,14H2,1-5H3,(H2,31,35)(H2,32,34)(H,36,39)(H,41,42)(H,43,44,45)/b37-21-/t19-,20-,22-,30+/m1/s1. The fourth-order valence-electron chi connectivity index (χ4n) is 5.97. The second kappa shape index (κ2) is 13.4. The molecule has 0 radical (unpaired) electrons. The number of rotatable bonds is 11. The number of β-lactam (4-membered cyclic amide) rings is 1. The second-order valence-electron chi connectivity index (χ2n) is 13.7. The number of aliphatic carboxylic acids is 1. The van der Waals surface area contributed by atoms with Gasteiger partial charge < -0.3 is 36.8 Å². The Hall–Kier alpha value is -4.37. The molecule has 1 aromatic carbocycles. The number of hydrogen-bond donors (Lipinski definition) is 6. The zero-order chi connectivity index (χ0) is 36.8. The summed E-state index contributed by atoms with van der Waals surface area (Å²) in [5.41, 5.74) is 9.51. The quantitative estimate of drug-likeness (QED) is 0.0607. The van der Waals surface area contributed by atoms with Crippen LogP contribution in [-0.2, 0) is 40.3 Å². The number of fused-ring (bicyclic) bond motifs is 1. The van der Waals surface area contributed by atoms with Crippen molar-refractivity contribution in [2.75, 3.05) is 18.8 Å². The van der Waals surface area contributed by atoms with E-state index in [4.69, 9.17) is 30.6 Å². The van der Waals surface area contributed by atoms with Crippen molar-refractivity contribution in [3.05, 3.63) is 40.4 Å². The number of aryl methyl sites for hydroxylation is 1. The van der Waals surface area contributed by atoms with Crippen LogP contribution in [0, 0.1) is 5.41 Å². The molecule has 20 heteroatoms. The summed E-state index contributed by atoms with van der Waals surface area (Å²) in [5, 5.41) is 21.8. The first kappa shape index (κ1) is 36.9. The zero-order valence-corrected chi connectivity index (χ0v) is 29.6. The van der Waals surface area contributed by atoms with Crippen molar-refractivity contribution in [2.24, 2.45) is 21.3 Å². The van der Waals surface area contributed by atoms with Crippen LogP contribution in [0.25, 0.3) is 0 Å². The van der Waals surface area contributed by atoms with Gasteiger partial charge in [-0.05, 0) is 75.8 Å². The van der Waals surface area contributed by atoms with Gasteiger partial charge in [0, 0.05) is 17.5 Å². The average Bonchev–Trinajstić information content (AvgIpc) is 3.47. The molecule has 0 saturated carbocycles. The van der Waals surface area contributed by atoms with Crippen molar-refractivity contribution in [2.45, 2.75) is 83.2 Å². The van der Waals surface area contributed by atoms with Gasteiger partial charge in [0.25, 0.3) is 17.4 Å². The summed E-state index contributed by atoms with van der Waals surface area (Å²) in [6, 6.07) is 4.04. The van der Waals surface area contributed by atoms with Crippen molar-refractivity contribution in [1.29, 1.82) is 0 Å². The number of carbonyl (C=O) groups excluding carboxylic acids is 2. The van der Waals surface area contributed by atoms with Gasteiger partial charge in [-0.15, -0.1) is 15.6 Å². The van der Waals surface area contributed by atoms with Crippen molar-refractivity contribution >= 4 is 56.2 Å². The van der Waals surface area contributed by atoms with Crippen molar-refractivity contribution in [3.8, 4) is 5.75 Å². The van der Waals surface area contributed by atoms with Crippen molar-refractivity contribution in [3.63, 3.8) is 0 Å². The third kappa shape index (κ3) is 7.38. The van der Waals surface area contributed by atoms with Gasteiger partial charge in [0.1, 0.15) is 23.3 Å². The molecule has 4 heterocycles. The number of anilines is 1. The Balaban J connectivity index is 1.35. The molecule has 2 saturated heterocycles. The minimum absolute atomic E-state index is 0.0524. The van der Waals surface area contributed by atoms with Crippen LogP contribution in [0.2, 0.25) is 0 Å². The average molecular weight is 737 g/mol. The Labute approximate surface area is 292 Å². The Morgan fingerprint density at radius 1 is 1.26 bits per heavy atom. The van der Waals surface area contributed by atoms with Crippen LogP contribution in [-0.4, -0.2) is 99.9 Å².